The van der Waals surface area contributed by atoms with Crippen molar-refractivity contribution >= 4 is 12.0 Å². The number of aromatic nitrogens is 2. The fourth-order valence-corrected chi connectivity index (χ4v) is 0.576. The van der Waals surface area contributed by atoms with Crippen molar-refractivity contribution in [3.8, 4) is 5.88 Å². The predicted molar refractivity (Wildman–Crippen MR) is 36.4 cm³/mol. The fraction of sp³-hybridized carbons (Fsp3) is 0.200. The highest BCUT2D eigenvalue weighted by atomic mass is 16.7. The maximum absolute atomic E-state index is 10.0. The molecule has 0 saturated heterocycles. The Morgan fingerprint density at radius 3 is 2.82 bits per heavy atom. The number of hydrogen-bond acceptors (Lipinski definition) is 4. The SMILES string of the molecule is Cc1c(OC(=O)O)n[nH]c1N. The summed E-state index contributed by atoms with van der Waals surface area (Å²) in [7, 11) is 0. The molecule has 0 aliphatic rings. The van der Waals surface area contributed by atoms with E-state index in [1.807, 2.05) is 0 Å². The van der Waals surface area contributed by atoms with Gasteiger partial charge < -0.3 is 15.6 Å². The fourth-order valence-electron chi connectivity index (χ4n) is 0.576. The van der Waals surface area contributed by atoms with E-state index in [-0.39, 0.29) is 5.88 Å². The van der Waals surface area contributed by atoms with E-state index in [1.54, 1.807) is 6.92 Å². The van der Waals surface area contributed by atoms with Crippen molar-refractivity contribution in [2.45, 2.75) is 6.92 Å². The maximum Gasteiger partial charge on any atom is 0.512 e. The summed E-state index contributed by atoms with van der Waals surface area (Å²) < 4.78 is 4.26. The molecule has 0 aliphatic carbocycles. The molecule has 11 heavy (non-hydrogen) atoms. The van der Waals surface area contributed by atoms with Gasteiger partial charge in [0.1, 0.15) is 5.82 Å². The van der Waals surface area contributed by atoms with Crippen LogP contribution in [-0.2, 0) is 0 Å². The van der Waals surface area contributed by atoms with Crippen LogP contribution in [0.2, 0.25) is 0 Å². The molecule has 6 heteroatoms. The number of nitrogens with one attached hydrogen (secondary N) is 1. The lowest BCUT2D eigenvalue weighted by Crippen LogP contribution is -2.04. The Bertz CT molecular complexity index is 281. The first-order valence-corrected chi connectivity index (χ1v) is 2.82. The number of ether oxygens (including phenoxy) is 1. The van der Waals surface area contributed by atoms with Crippen LogP contribution in [0.1, 0.15) is 5.56 Å². The first-order valence-electron chi connectivity index (χ1n) is 2.82. The van der Waals surface area contributed by atoms with E-state index in [1.165, 1.54) is 0 Å². The van der Waals surface area contributed by atoms with E-state index in [0.29, 0.717) is 11.4 Å². The van der Waals surface area contributed by atoms with Gasteiger partial charge in [0, 0.05) is 0 Å². The summed E-state index contributed by atoms with van der Waals surface area (Å²) in [6, 6.07) is 0. The molecule has 6 nitrogen and oxygen atoms in total. The lowest BCUT2D eigenvalue weighted by Gasteiger charge is -1.93. The van der Waals surface area contributed by atoms with Crippen LogP contribution in [0.5, 0.6) is 5.88 Å². The van der Waals surface area contributed by atoms with Crippen LogP contribution in [0.15, 0.2) is 0 Å². The topological polar surface area (TPSA) is 101 Å². The summed E-state index contributed by atoms with van der Waals surface area (Å²) in [6.07, 6.45) is -1.40. The molecule has 1 aromatic rings. The van der Waals surface area contributed by atoms with E-state index in [9.17, 15) is 4.79 Å². The van der Waals surface area contributed by atoms with Crippen LogP contribution in [0.4, 0.5) is 10.6 Å². The number of carboxylic acid groups (broad SMARTS) is 1. The number of nitrogens with two attached hydrogens (primary N) is 1. The van der Waals surface area contributed by atoms with Crippen LogP contribution in [0, 0.1) is 6.92 Å². The van der Waals surface area contributed by atoms with Crippen LogP contribution >= 0.6 is 0 Å². The first kappa shape index (κ1) is 7.39. The van der Waals surface area contributed by atoms with Gasteiger partial charge in [-0.25, -0.2) is 4.79 Å². The molecule has 0 fully saturated rings. The molecule has 4 N–H and O–H groups in total. The molecule has 1 rings (SSSR count). The van der Waals surface area contributed by atoms with Crippen molar-refractivity contribution in [1.29, 1.82) is 0 Å². The predicted octanol–water partition coefficient (Wildman–Crippen LogP) is 0.357. The Kier molecular flexibility index (Phi) is 1.67. The monoisotopic (exact) mass is 157 g/mol. The van der Waals surface area contributed by atoms with Crippen molar-refractivity contribution in [2.75, 3.05) is 5.73 Å². The highest BCUT2D eigenvalue weighted by Gasteiger charge is 2.10. The molecule has 0 atom stereocenters. The summed E-state index contributed by atoms with van der Waals surface area (Å²) in [4.78, 5) is 10.0. The standard InChI is InChI=1S/C5H7N3O3/c1-2-3(6)7-8-4(2)11-5(9)10/h1H3,(H,9,10)(H3,6,7,8). The smallest absolute Gasteiger partial charge is 0.449 e. The molecule has 0 radical (unpaired) electrons. The van der Waals surface area contributed by atoms with Gasteiger partial charge in [-0.1, -0.05) is 0 Å². The van der Waals surface area contributed by atoms with Crippen LogP contribution in [0.25, 0.3) is 0 Å². The first-order chi connectivity index (χ1) is 5.11. The molecular formula is C5H7N3O3. The molecule has 0 unspecified atom stereocenters. The molecule has 60 valence electrons. The summed E-state index contributed by atoms with van der Waals surface area (Å²) >= 11 is 0. The number of H-pyrrole nitrogens is 1. The summed E-state index contributed by atoms with van der Waals surface area (Å²) in [6.45, 7) is 1.61. The second kappa shape index (κ2) is 2.49. The quantitative estimate of drug-likeness (QED) is 0.511. The third-order valence-electron chi connectivity index (χ3n) is 1.19. The van der Waals surface area contributed by atoms with Gasteiger partial charge in [-0.05, 0) is 6.92 Å². The molecule has 0 amide bonds. The van der Waals surface area contributed by atoms with Crippen molar-refractivity contribution < 1.29 is 14.6 Å². The summed E-state index contributed by atoms with van der Waals surface area (Å²) in [5.74, 6) is 0.302. The van der Waals surface area contributed by atoms with E-state index >= 15 is 0 Å². The van der Waals surface area contributed by atoms with Crippen LogP contribution in [-0.4, -0.2) is 21.5 Å². The molecule has 0 aromatic carbocycles. The minimum atomic E-state index is -1.40. The van der Waals surface area contributed by atoms with Crippen LogP contribution in [0.3, 0.4) is 0 Å². The number of anilines is 1. The Hall–Kier alpha value is -1.72. The van der Waals surface area contributed by atoms with Gasteiger partial charge in [0.15, 0.2) is 0 Å². The van der Waals surface area contributed by atoms with Crippen molar-refractivity contribution in [1.82, 2.24) is 10.2 Å². The maximum atomic E-state index is 10.0. The lowest BCUT2D eigenvalue weighted by atomic mass is 10.4. The number of nitrogen functional groups attached to an aromatic ring is 1. The van der Waals surface area contributed by atoms with Crippen molar-refractivity contribution in [3.63, 3.8) is 0 Å². The molecule has 1 aromatic heterocycles. The Balaban J connectivity index is 2.87. The Morgan fingerprint density at radius 1 is 1.82 bits per heavy atom. The normalized spacial score (nSPS) is 9.55. The highest BCUT2D eigenvalue weighted by Crippen LogP contribution is 2.18. The largest absolute Gasteiger partial charge is 0.512 e. The van der Waals surface area contributed by atoms with Gasteiger partial charge in [0.25, 0.3) is 0 Å². The average Bonchev–Trinajstić information content (AvgIpc) is 2.18. The van der Waals surface area contributed by atoms with E-state index < -0.39 is 6.16 Å². The van der Waals surface area contributed by atoms with Gasteiger partial charge in [-0.2, -0.15) is 0 Å². The van der Waals surface area contributed by atoms with Gasteiger partial charge in [0.2, 0.25) is 5.88 Å². The zero-order valence-corrected chi connectivity index (χ0v) is 5.79. The number of aromatic amines is 1. The Labute approximate surface area is 62.0 Å². The molecular weight excluding hydrogens is 150 g/mol. The third-order valence-corrected chi connectivity index (χ3v) is 1.19. The number of hydrogen-bond donors (Lipinski definition) is 3. The number of carbonyl (C=O) groups is 1. The van der Waals surface area contributed by atoms with Crippen molar-refractivity contribution in [3.05, 3.63) is 5.56 Å². The third kappa shape index (κ3) is 1.40. The number of nitrogens with zero attached hydrogens (tertiary/aromatic N) is 1. The van der Waals surface area contributed by atoms with Gasteiger partial charge in [-0.3, -0.25) is 5.10 Å². The van der Waals surface area contributed by atoms with Crippen molar-refractivity contribution in [2.24, 2.45) is 0 Å². The zero-order valence-electron chi connectivity index (χ0n) is 5.79. The lowest BCUT2D eigenvalue weighted by molar-refractivity contribution is 0.142. The minimum Gasteiger partial charge on any atom is -0.449 e. The summed E-state index contributed by atoms with van der Waals surface area (Å²) in [5, 5.41) is 14.1. The second-order valence-corrected chi connectivity index (χ2v) is 1.94. The Morgan fingerprint density at radius 2 is 2.45 bits per heavy atom. The number of rotatable bonds is 1. The molecule has 1 heterocycles. The summed E-state index contributed by atoms with van der Waals surface area (Å²) in [5.41, 5.74) is 5.82. The van der Waals surface area contributed by atoms with E-state index in [0.717, 1.165) is 0 Å². The average molecular weight is 157 g/mol. The second-order valence-electron chi connectivity index (χ2n) is 1.94. The molecule has 0 bridgehead atoms. The highest BCUT2D eigenvalue weighted by molar-refractivity contribution is 5.62. The van der Waals surface area contributed by atoms with Gasteiger partial charge in [0.05, 0.1) is 5.56 Å². The van der Waals surface area contributed by atoms with E-state index in [2.05, 4.69) is 14.9 Å². The minimum absolute atomic E-state index is 0.00463. The zero-order chi connectivity index (χ0) is 8.43. The van der Waals surface area contributed by atoms with E-state index in [4.69, 9.17) is 10.8 Å². The van der Waals surface area contributed by atoms with Gasteiger partial charge in [-0.15, -0.1) is 5.10 Å². The van der Waals surface area contributed by atoms with Crippen LogP contribution < -0.4 is 10.5 Å². The molecule has 0 aliphatic heterocycles. The molecule has 0 spiro atoms. The molecule has 0 saturated carbocycles. The van der Waals surface area contributed by atoms with Gasteiger partial charge >= 0.3 is 6.16 Å².